The lowest BCUT2D eigenvalue weighted by Crippen LogP contribution is -2.10. The second-order valence-corrected chi connectivity index (χ2v) is 1.73. The zero-order valence-corrected chi connectivity index (χ0v) is 5.84. The average molecular weight is 144 g/mol. The first kappa shape index (κ1) is 9.21. The van der Waals surface area contributed by atoms with Gasteiger partial charge in [0.25, 0.3) is 0 Å². The van der Waals surface area contributed by atoms with Crippen molar-refractivity contribution in [2.75, 3.05) is 26.4 Å². The molecular weight excluding hydrogens is 132 g/mol. The summed E-state index contributed by atoms with van der Waals surface area (Å²) < 4.78 is 4.93. The monoisotopic (exact) mass is 144 g/mol. The molecule has 4 nitrogen and oxygen atoms in total. The number of rotatable bonds is 6. The number of nitrogens with one attached hydrogen (secondary N) is 1. The third-order valence-electron chi connectivity index (χ3n) is 0.905. The Bertz CT molecular complexity index is 100. The van der Waals surface area contributed by atoms with Crippen molar-refractivity contribution >= 4 is 0 Å². The summed E-state index contributed by atoms with van der Waals surface area (Å²) >= 11 is 0. The first-order valence-electron chi connectivity index (χ1n) is 3.22. The van der Waals surface area contributed by atoms with Crippen LogP contribution in [-0.2, 0) is 4.74 Å². The van der Waals surface area contributed by atoms with Gasteiger partial charge in [-0.05, 0) is 6.42 Å². The van der Waals surface area contributed by atoms with E-state index in [0.717, 1.165) is 6.42 Å². The molecule has 0 aliphatic carbocycles. The van der Waals surface area contributed by atoms with Crippen LogP contribution in [0.5, 0.6) is 0 Å². The largest absolute Gasteiger partial charge is 0.394 e. The summed E-state index contributed by atoms with van der Waals surface area (Å²) in [4.78, 5) is 0. The van der Waals surface area contributed by atoms with Crippen LogP contribution in [0, 0.1) is 11.5 Å². The predicted molar refractivity (Wildman–Crippen MR) is 36.1 cm³/mol. The maximum absolute atomic E-state index is 8.28. The highest BCUT2D eigenvalue weighted by molar-refractivity contribution is 4.63. The Morgan fingerprint density at radius 3 is 2.90 bits per heavy atom. The first-order valence-corrected chi connectivity index (χ1v) is 3.22. The number of aliphatic hydroxyl groups is 1. The Labute approximate surface area is 60.4 Å². The standard InChI is InChI=1S/C6H12N2O2/c7-6-8-2-1-4-10-5-3-9/h8-9H,1-5H2. The highest BCUT2D eigenvalue weighted by atomic mass is 16.5. The Morgan fingerprint density at radius 2 is 2.30 bits per heavy atom. The second kappa shape index (κ2) is 8.21. The maximum atomic E-state index is 8.28. The minimum Gasteiger partial charge on any atom is -0.394 e. The molecule has 0 saturated heterocycles. The molecule has 0 bridgehead atoms. The van der Waals surface area contributed by atoms with Crippen LogP contribution in [0.1, 0.15) is 6.42 Å². The SMILES string of the molecule is N#CNCCCOCCO. The number of hydrogen-bond donors (Lipinski definition) is 2. The van der Waals surface area contributed by atoms with Gasteiger partial charge in [0.2, 0.25) is 0 Å². The third kappa shape index (κ3) is 7.21. The van der Waals surface area contributed by atoms with Gasteiger partial charge in [-0.3, -0.25) is 0 Å². The summed E-state index contributed by atoms with van der Waals surface area (Å²) in [6.07, 6.45) is 2.60. The summed E-state index contributed by atoms with van der Waals surface area (Å²) in [5.41, 5.74) is 0. The number of nitrogens with zero attached hydrogens (tertiary/aromatic N) is 1. The number of hydrogen-bond acceptors (Lipinski definition) is 4. The first-order chi connectivity index (χ1) is 4.91. The summed E-state index contributed by atoms with van der Waals surface area (Å²) in [7, 11) is 0. The van der Waals surface area contributed by atoms with E-state index in [1.165, 1.54) is 0 Å². The fourth-order valence-electron chi connectivity index (χ4n) is 0.485. The molecule has 0 fully saturated rings. The van der Waals surface area contributed by atoms with Gasteiger partial charge in [-0.15, -0.1) is 0 Å². The third-order valence-corrected chi connectivity index (χ3v) is 0.905. The molecule has 0 unspecified atom stereocenters. The van der Waals surface area contributed by atoms with Crippen LogP contribution in [-0.4, -0.2) is 31.5 Å². The topological polar surface area (TPSA) is 65.3 Å². The molecule has 0 aliphatic heterocycles. The fraction of sp³-hybridized carbons (Fsp3) is 0.833. The molecule has 10 heavy (non-hydrogen) atoms. The van der Waals surface area contributed by atoms with E-state index < -0.39 is 0 Å². The normalized spacial score (nSPS) is 8.80. The van der Waals surface area contributed by atoms with Gasteiger partial charge in [0.15, 0.2) is 6.19 Å². The van der Waals surface area contributed by atoms with Gasteiger partial charge in [-0.25, -0.2) is 0 Å². The molecule has 0 spiro atoms. The number of aliphatic hydroxyl groups excluding tert-OH is 1. The van der Waals surface area contributed by atoms with Gasteiger partial charge >= 0.3 is 0 Å². The van der Waals surface area contributed by atoms with E-state index in [1.54, 1.807) is 6.19 Å². The van der Waals surface area contributed by atoms with Gasteiger partial charge < -0.3 is 15.2 Å². The summed E-state index contributed by atoms with van der Waals surface area (Å²) in [5, 5.41) is 18.8. The molecule has 0 aliphatic rings. The molecule has 0 saturated carbocycles. The molecule has 0 rings (SSSR count). The number of nitriles is 1. The van der Waals surface area contributed by atoms with Gasteiger partial charge in [-0.1, -0.05) is 0 Å². The van der Waals surface area contributed by atoms with Crippen molar-refractivity contribution < 1.29 is 9.84 Å². The highest BCUT2D eigenvalue weighted by Crippen LogP contribution is 1.78. The molecule has 58 valence electrons. The Balaban J connectivity index is 2.72. The highest BCUT2D eigenvalue weighted by Gasteiger charge is 1.85. The van der Waals surface area contributed by atoms with E-state index in [9.17, 15) is 0 Å². The lowest BCUT2D eigenvalue weighted by Gasteiger charge is -1.99. The van der Waals surface area contributed by atoms with E-state index in [4.69, 9.17) is 15.1 Å². The van der Waals surface area contributed by atoms with Crippen molar-refractivity contribution in [2.24, 2.45) is 0 Å². The molecule has 0 aromatic heterocycles. The van der Waals surface area contributed by atoms with Crippen LogP contribution in [0.15, 0.2) is 0 Å². The van der Waals surface area contributed by atoms with Crippen molar-refractivity contribution in [3.8, 4) is 6.19 Å². The quantitative estimate of drug-likeness (QED) is 0.298. The number of ether oxygens (including phenoxy) is 1. The minimum atomic E-state index is 0.0612. The smallest absolute Gasteiger partial charge is 0.176 e. The molecule has 0 heterocycles. The van der Waals surface area contributed by atoms with Gasteiger partial charge in [0, 0.05) is 13.2 Å². The lowest BCUT2D eigenvalue weighted by molar-refractivity contribution is 0.0912. The Kier molecular flexibility index (Phi) is 7.56. The van der Waals surface area contributed by atoms with E-state index in [2.05, 4.69) is 5.32 Å². The van der Waals surface area contributed by atoms with Gasteiger partial charge in [0.1, 0.15) is 0 Å². The second-order valence-electron chi connectivity index (χ2n) is 1.73. The van der Waals surface area contributed by atoms with Crippen molar-refractivity contribution in [2.45, 2.75) is 6.42 Å². The average Bonchev–Trinajstić information content (AvgIpc) is 1.97. The zero-order chi connectivity index (χ0) is 7.66. The summed E-state index contributed by atoms with van der Waals surface area (Å²) in [5.74, 6) is 0. The molecule has 0 radical (unpaired) electrons. The van der Waals surface area contributed by atoms with Crippen LogP contribution in [0.2, 0.25) is 0 Å². The van der Waals surface area contributed by atoms with Crippen LogP contribution in [0.4, 0.5) is 0 Å². The van der Waals surface area contributed by atoms with Crippen LogP contribution in [0.3, 0.4) is 0 Å². The minimum absolute atomic E-state index is 0.0612. The van der Waals surface area contributed by atoms with E-state index in [1.807, 2.05) is 0 Å². The van der Waals surface area contributed by atoms with Crippen molar-refractivity contribution in [1.29, 1.82) is 5.26 Å². The predicted octanol–water partition coefficient (Wildman–Crippen LogP) is -0.544. The summed E-state index contributed by atoms with van der Waals surface area (Å²) in [6, 6.07) is 0. The van der Waals surface area contributed by atoms with Crippen molar-refractivity contribution in [3.05, 3.63) is 0 Å². The molecule has 0 aromatic rings. The molecule has 2 N–H and O–H groups in total. The Morgan fingerprint density at radius 1 is 1.50 bits per heavy atom. The van der Waals surface area contributed by atoms with Crippen molar-refractivity contribution in [1.82, 2.24) is 5.32 Å². The van der Waals surface area contributed by atoms with Gasteiger partial charge in [0.05, 0.1) is 13.2 Å². The molecule has 0 atom stereocenters. The summed E-state index contributed by atoms with van der Waals surface area (Å²) in [6.45, 7) is 1.68. The van der Waals surface area contributed by atoms with E-state index >= 15 is 0 Å². The fourth-order valence-corrected chi connectivity index (χ4v) is 0.485. The van der Waals surface area contributed by atoms with E-state index in [-0.39, 0.29) is 6.61 Å². The zero-order valence-electron chi connectivity index (χ0n) is 5.84. The molecule has 0 amide bonds. The lowest BCUT2D eigenvalue weighted by atomic mass is 10.4. The van der Waals surface area contributed by atoms with Gasteiger partial charge in [-0.2, -0.15) is 5.26 Å². The van der Waals surface area contributed by atoms with Crippen LogP contribution < -0.4 is 5.32 Å². The molecule has 0 aromatic carbocycles. The van der Waals surface area contributed by atoms with Crippen molar-refractivity contribution in [3.63, 3.8) is 0 Å². The maximum Gasteiger partial charge on any atom is 0.176 e. The molecule has 4 heteroatoms. The Hall–Kier alpha value is -0.790. The van der Waals surface area contributed by atoms with Crippen LogP contribution in [0.25, 0.3) is 0 Å². The molecular formula is C6H12N2O2. The van der Waals surface area contributed by atoms with E-state index in [0.29, 0.717) is 19.8 Å². The van der Waals surface area contributed by atoms with Crippen LogP contribution >= 0.6 is 0 Å².